The zero-order chi connectivity index (χ0) is 79.8. The van der Waals surface area contributed by atoms with Crippen LogP contribution in [-0.4, -0.2) is 219 Å². The smallest absolute Gasteiger partial charge is 0.319 e. The van der Waals surface area contributed by atoms with Crippen LogP contribution < -0.4 is 67.8 Å². The number of rotatable bonds is 33. The van der Waals surface area contributed by atoms with Crippen LogP contribution in [0.3, 0.4) is 0 Å². The van der Waals surface area contributed by atoms with Gasteiger partial charge in [0.2, 0.25) is 29.5 Å². The molecule has 4 aromatic carbocycles. The van der Waals surface area contributed by atoms with Gasteiger partial charge in [0.1, 0.15) is 47.1 Å². The van der Waals surface area contributed by atoms with E-state index in [4.69, 9.17) is 15.2 Å². The molecule has 11 amide bonds. The average Bonchev–Trinajstić information content (AvgIpc) is 1.02. The summed E-state index contributed by atoms with van der Waals surface area (Å²) in [5, 5.41) is 34.1. The third-order valence-corrected chi connectivity index (χ3v) is 20.1. The maximum absolute atomic E-state index is 15.2. The number of likely N-dealkylation sites (N-methyl/N-ethyl adjacent to an activating group) is 3. The van der Waals surface area contributed by atoms with Gasteiger partial charge < -0.3 is 82.9 Å². The molecule has 592 valence electrons. The molecule has 0 spiro atoms. The van der Waals surface area contributed by atoms with Crippen LogP contribution >= 0.6 is 0 Å². The third kappa shape index (κ3) is 26.3. The van der Waals surface area contributed by atoms with Crippen LogP contribution in [0.15, 0.2) is 125 Å². The molecular formula is C73H94F2N18O15S2. The van der Waals surface area contributed by atoms with E-state index in [-0.39, 0.29) is 101 Å². The molecule has 8 rings (SSSR count). The Labute approximate surface area is 636 Å². The first-order chi connectivity index (χ1) is 52.3. The highest BCUT2D eigenvalue weighted by molar-refractivity contribution is 7.93. The van der Waals surface area contributed by atoms with E-state index >= 15 is 4.39 Å². The highest BCUT2D eigenvalue weighted by atomic mass is 32.2. The summed E-state index contributed by atoms with van der Waals surface area (Å²) in [4.78, 5) is 134. The number of anilines is 6. The Balaban J connectivity index is 0.744. The van der Waals surface area contributed by atoms with Gasteiger partial charge in [0.15, 0.2) is 0 Å². The predicted octanol–water partition coefficient (Wildman–Crippen LogP) is 6.23. The number of likely N-dealkylation sites (tertiary alicyclic amines) is 1. The van der Waals surface area contributed by atoms with Crippen LogP contribution in [0, 0.1) is 17.6 Å². The first-order valence-electron chi connectivity index (χ1n) is 35.5. The van der Waals surface area contributed by atoms with Crippen molar-refractivity contribution in [3.63, 3.8) is 0 Å². The van der Waals surface area contributed by atoms with Crippen molar-refractivity contribution < 1.29 is 79.1 Å². The predicted molar refractivity (Wildman–Crippen MR) is 409 cm³/mol. The molecule has 33 nitrogen and oxygen atoms in total. The lowest BCUT2D eigenvalue weighted by Crippen LogP contribution is -2.57. The fourth-order valence-corrected chi connectivity index (χ4v) is 14.2. The first-order valence-corrected chi connectivity index (χ1v) is 39.1. The van der Waals surface area contributed by atoms with E-state index in [2.05, 4.69) is 66.9 Å². The van der Waals surface area contributed by atoms with Crippen molar-refractivity contribution in [2.75, 3.05) is 126 Å². The second-order valence-corrected chi connectivity index (χ2v) is 31.1. The number of nitrogens with one attached hydrogen (secondary N) is 10. The average molecular weight is 1570 g/mol. The number of amides is 11. The minimum Gasteiger partial charge on any atom is -0.493 e. The topological polar surface area (TPSA) is 441 Å². The van der Waals surface area contributed by atoms with Crippen LogP contribution in [0.5, 0.6) is 11.6 Å². The standard InChI is InChI=1S/C73H94F2N18O15S2/c1-8-24-77-71(101)82-51-14-10-16-53(38-51)110(105,106)88-52-15-9-13-47(36-52)57(41-66(96)97)84-73(103)81-50-21-19-49(20-22-50)80-72(102)78-25-27-90(4)28-29-91(5)30-31-92(6)43-64(95)83-58(40-61(76)94)70(100)93-26-11-17-59(93)68(98)87-67(45(2)3)69(99)89-109(7,104)44-46-34-63-85-62-39-55(56(75)42-79-62)54-23-18-48(74)37-60(54)107-32-12-33-108-65(35-46)86-63/h9-10,13-16,18-23,34-39,42,45,57-59,67,88H,8,11-12,17,24-33,40-41,43-44H2,1-7H3,(H2,76,94)(H,83,95)(H,87,98)(H,96,97)(H2,77,82,101)(H2,78,80,102)(H,79,85,86)(H2,81,84,103)/t57-,58-,59-,67-,109+/m0/s1. The van der Waals surface area contributed by atoms with Crippen molar-refractivity contribution in [3.05, 3.63) is 138 Å². The second kappa shape index (κ2) is 39.8. The molecule has 1 fully saturated rings. The van der Waals surface area contributed by atoms with E-state index in [0.717, 1.165) is 12.3 Å². The number of hydrogen-bond donors (Lipinski definition) is 12. The molecule has 37 heteroatoms. The molecule has 2 aromatic heterocycles. The molecule has 2 aliphatic rings. The quantitative estimate of drug-likeness (QED) is 0.0217. The van der Waals surface area contributed by atoms with E-state index in [1.54, 1.807) is 44.0 Å². The number of carboxylic acid groups (broad SMARTS) is 1. The number of benzene rings is 4. The van der Waals surface area contributed by atoms with Gasteiger partial charge in [-0.05, 0) is 136 Å². The fraction of sp³-hybridized carbons (Fsp3) is 0.411. The van der Waals surface area contributed by atoms with Crippen LogP contribution in [-0.2, 0) is 54.3 Å². The summed E-state index contributed by atoms with van der Waals surface area (Å²) in [6, 6.07) is 19.2. The lowest BCUT2D eigenvalue weighted by molar-refractivity contribution is -0.143. The molecule has 0 unspecified atom stereocenters. The molecule has 4 bridgehead atoms. The number of ether oxygens (including phenoxy) is 2. The SMILES string of the molecule is CCCNC(=O)Nc1cccc(S(=O)(=O)Nc2cccc([C@H](CC(=O)O)NC(=O)Nc3ccc(NC(=O)NCCN(C)CCN(C)CCN(C)CC(=O)N[C@@H](CC(N)=O)C(=O)N4CCC[C@H]4C(=O)N[C@H](C(=O)N=[S@](C)(=O)Cc4cc5nc(c4)OCCCOc4cc(F)ccc4-c4cc(ncc4F)N5)C(C)C)cc3)c2)c1. The summed E-state index contributed by atoms with van der Waals surface area (Å²) < 4.78 is 88.9. The molecule has 6 aromatic rings. The van der Waals surface area contributed by atoms with E-state index in [1.807, 2.05) is 30.8 Å². The molecule has 0 radical (unpaired) electrons. The van der Waals surface area contributed by atoms with E-state index < -0.39 is 128 Å². The van der Waals surface area contributed by atoms with Gasteiger partial charge in [0.05, 0.1) is 65.2 Å². The number of urea groups is 3. The van der Waals surface area contributed by atoms with Crippen LogP contribution in [0.1, 0.15) is 76.5 Å². The maximum Gasteiger partial charge on any atom is 0.319 e. The number of hydrogen-bond acceptors (Lipinski definition) is 20. The largest absolute Gasteiger partial charge is 0.493 e. The van der Waals surface area contributed by atoms with E-state index in [0.29, 0.717) is 75.5 Å². The number of aliphatic carboxylic acids is 1. The number of nitrogens with zero attached hydrogens (tertiary/aromatic N) is 7. The van der Waals surface area contributed by atoms with E-state index in [1.165, 1.54) is 96.1 Å². The van der Waals surface area contributed by atoms with Crippen molar-refractivity contribution >= 4 is 108 Å². The van der Waals surface area contributed by atoms with E-state index in [9.17, 15) is 65.3 Å². The molecular weight excluding hydrogens is 1470 g/mol. The second-order valence-electron chi connectivity index (χ2n) is 27.0. The number of fused-ring (bicyclic) bond motifs is 6. The van der Waals surface area contributed by atoms with Gasteiger partial charge in [0.25, 0.3) is 15.9 Å². The van der Waals surface area contributed by atoms with Crippen LogP contribution in [0.4, 0.5) is 57.5 Å². The van der Waals surface area contributed by atoms with Crippen molar-refractivity contribution in [2.45, 2.75) is 94.1 Å². The fourth-order valence-electron chi connectivity index (χ4n) is 11.7. The van der Waals surface area contributed by atoms with Gasteiger partial charge >= 0.3 is 24.1 Å². The maximum atomic E-state index is 15.2. The van der Waals surface area contributed by atoms with Crippen molar-refractivity contribution in [1.82, 2.24) is 56.2 Å². The highest BCUT2D eigenvalue weighted by Crippen LogP contribution is 2.35. The Bertz CT molecular complexity index is 4560. The van der Waals surface area contributed by atoms with Gasteiger partial charge in [-0.1, -0.05) is 39.0 Å². The summed E-state index contributed by atoms with van der Waals surface area (Å²) in [5.41, 5.74) is 7.65. The number of carbonyl (C=O) groups is 9. The zero-order valence-electron chi connectivity index (χ0n) is 62.0. The number of carboxylic acids is 1. The van der Waals surface area contributed by atoms with Gasteiger partial charge in [-0.3, -0.25) is 38.4 Å². The Hall–Kier alpha value is -11.2. The third-order valence-electron chi connectivity index (χ3n) is 17.3. The lowest BCUT2D eigenvalue weighted by atomic mass is 10.0. The Morgan fingerprint density at radius 2 is 1.36 bits per heavy atom. The summed E-state index contributed by atoms with van der Waals surface area (Å²) in [5.74, 6) is -6.58. The summed E-state index contributed by atoms with van der Waals surface area (Å²) >= 11 is 0. The highest BCUT2D eigenvalue weighted by Gasteiger charge is 2.40. The Morgan fingerprint density at radius 1 is 0.709 bits per heavy atom. The molecule has 1 saturated heterocycles. The first kappa shape index (κ1) is 84.5. The Kier molecular flexibility index (Phi) is 30.6. The minimum atomic E-state index is -4.19. The number of aromatic nitrogens is 2. The van der Waals surface area contributed by atoms with Crippen LogP contribution in [0.2, 0.25) is 0 Å². The molecule has 5 atom stereocenters. The Morgan fingerprint density at radius 3 is 2.05 bits per heavy atom. The summed E-state index contributed by atoms with van der Waals surface area (Å²) in [6.07, 6.45) is 2.74. The molecule has 4 heterocycles. The molecule has 13 N–H and O–H groups in total. The van der Waals surface area contributed by atoms with Gasteiger partial charge in [-0.2, -0.15) is 9.35 Å². The molecule has 110 heavy (non-hydrogen) atoms. The lowest BCUT2D eigenvalue weighted by Gasteiger charge is -2.30. The number of sulfonamides is 1. The minimum absolute atomic E-state index is 0.0780. The van der Waals surface area contributed by atoms with Gasteiger partial charge in [0, 0.05) is 111 Å². The molecule has 0 saturated carbocycles. The number of halogens is 2. The molecule has 2 aliphatic heterocycles. The van der Waals surface area contributed by atoms with Crippen molar-refractivity contribution in [2.24, 2.45) is 16.0 Å². The molecule has 0 aliphatic carbocycles. The normalized spacial score (nSPS) is 14.8. The zero-order valence-corrected chi connectivity index (χ0v) is 63.7. The number of primary amides is 1. The number of pyridine rings is 2. The van der Waals surface area contributed by atoms with Crippen molar-refractivity contribution in [1.29, 1.82) is 0 Å². The van der Waals surface area contributed by atoms with Gasteiger partial charge in [-0.15, -0.1) is 0 Å². The number of carbonyl (C=O) groups excluding carboxylic acids is 8. The monoisotopic (exact) mass is 1560 g/mol. The summed E-state index contributed by atoms with van der Waals surface area (Å²) in [7, 11) is -2.09. The van der Waals surface area contributed by atoms with Crippen molar-refractivity contribution in [3.8, 4) is 22.8 Å². The van der Waals surface area contributed by atoms with Gasteiger partial charge in [-0.25, -0.2) is 40.8 Å². The summed E-state index contributed by atoms with van der Waals surface area (Å²) in [6.45, 7) is 8.67. The number of nitrogens with two attached hydrogens (primary N) is 1. The van der Waals surface area contributed by atoms with Crippen LogP contribution in [0.25, 0.3) is 11.1 Å².